The number of aliphatic hydroxyl groups is 1. The van der Waals surface area contributed by atoms with Crippen LogP contribution in [0.3, 0.4) is 0 Å². The number of ether oxygens (including phenoxy) is 2. The minimum absolute atomic E-state index is 0.459. The molecule has 0 aromatic heterocycles. The van der Waals surface area contributed by atoms with Crippen molar-refractivity contribution < 1.29 is 29.0 Å². The first-order valence-electron chi connectivity index (χ1n) is 5.85. The Balaban J connectivity index is 4.19. The number of likely N-dealkylation sites (N-methyl/N-ethyl adjacent to an activating group) is 1. The fourth-order valence-electron chi connectivity index (χ4n) is 1.23. The van der Waals surface area contributed by atoms with Crippen LogP contribution in [0.2, 0.25) is 0 Å². The van der Waals surface area contributed by atoms with Crippen LogP contribution < -0.4 is 0 Å². The van der Waals surface area contributed by atoms with Gasteiger partial charge in [0, 0.05) is 25.2 Å². The van der Waals surface area contributed by atoms with Gasteiger partial charge in [0.05, 0.1) is 7.11 Å². The van der Waals surface area contributed by atoms with E-state index in [4.69, 9.17) is 0 Å². The molecule has 19 heavy (non-hydrogen) atoms. The van der Waals surface area contributed by atoms with Gasteiger partial charge in [-0.05, 0) is 13.8 Å². The number of hydrogen-bond acceptors (Lipinski definition) is 6. The summed E-state index contributed by atoms with van der Waals surface area (Å²) in [5, 5.41) is 9.54. The molecule has 1 N–H and O–H groups in total. The van der Waals surface area contributed by atoms with Crippen molar-refractivity contribution in [3.8, 4) is 0 Å². The molecule has 7 nitrogen and oxygen atoms in total. The van der Waals surface area contributed by atoms with Crippen LogP contribution in [0.1, 0.15) is 13.8 Å². The molecule has 0 fully saturated rings. The largest absolute Gasteiger partial charge is 0.466 e. The molecule has 7 heteroatoms. The van der Waals surface area contributed by atoms with Gasteiger partial charge in [-0.3, -0.25) is 4.79 Å². The molecule has 0 saturated heterocycles. The lowest BCUT2D eigenvalue weighted by Crippen LogP contribution is -2.41. The number of amides is 1. The van der Waals surface area contributed by atoms with Crippen molar-refractivity contribution in [1.29, 1.82) is 0 Å². The minimum Gasteiger partial charge on any atom is -0.466 e. The van der Waals surface area contributed by atoms with E-state index >= 15 is 0 Å². The number of esters is 2. The first-order chi connectivity index (χ1) is 8.96. The minimum atomic E-state index is -1.41. The van der Waals surface area contributed by atoms with Gasteiger partial charge in [-0.2, -0.15) is 0 Å². The Bertz CT molecular complexity index is 348. The number of carbonyl (C=O) groups is 3. The molecule has 0 aromatic carbocycles. The van der Waals surface area contributed by atoms with Crippen molar-refractivity contribution in [3.63, 3.8) is 0 Å². The molecule has 0 aliphatic rings. The summed E-state index contributed by atoms with van der Waals surface area (Å²) in [7, 11) is 1.17. The number of carbonyl (C=O) groups excluding carboxylic acids is 3. The molecule has 0 aliphatic carbocycles. The normalized spacial score (nSPS) is 12.0. The summed E-state index contributed by atoms with van der Waals surface area (Å²) in [6.45, 7) is 4.02. The van der Waals surface area contributed by atoms with Crippen LogP contribution in [0.25, 0.3) is 0 Å². The first-order valence-corrected chi connectivity index (χ1v) is 5.85. The van der Waals surface area contributed by atoms with Crippen molar-refractivity contribution in [2.24, 2.45) is 0 Å². The molecular formula is C12H19NO6. The van der Waals surface area contributed by atoms with Crippen LogP contribution in [0, 0.1) is 0 Å². The van der Waals surface area contributed by atoms with Gasteiger partial charge in [0.15, 0.2) is 6.10 Å². The lowest BCUT2D eigenvalue weighted by molar-refractivity contribution is -0.149. The van der Waals surface area contributed by atoms with Gasteiger partial charge < -0.3 is 19.5 Å². The summed E-state index contributed by atoms with van der Waals surface area (Å²) < 4.78 is 8.91. The number of methoxy groups -OCH3 is 1. The summed E-state index contributed by atoms with van der Waals surface area (Å²) in [5.41, 5.74) is 0. The molecule has 0 unspecified atom stereocenters. The van der Waals surface area contributed by atoms with E-state index in [9.17, 15) is 19.5 Å². The molecule has 0 aliphatic heterocycles. The predicted octanol–water partition coefficient (Wildman–Crippen LogP) is -0.512. The third-order valence-electron chi connectivity index (χ3n) is 2.30. The van der Waals surface area contributed by atoms with E-state index < -0.39 is 30.6 Å². The van der Waals surface area contributed by atoms with Crippen LogP contribution >= 0.6 is 0 Å². The smallest absolute Gasteiger partial charge is 0.331 e. The van der Waals surface area contributed by atoms with Crippen molar-refractivity contribution in [1.82, 2.24) is 4.90 Å². The van der Waals surface area contributed by atoms with Gasteiger partial charge in [-0.1, -0.05) is 0 Å². The SMILES string of the molecule is CCN(CC)C(=O)[C@@H](O)COC(=O)/C=C/C(=O)OC. The molecule has 1 amide bonds. The summed E-state index contributed by atoms with van der Waals surface area (Å²) in [6, 6.07) is 0. The number of hydrogen-bond donors (Lipinski definition) is 1. The van der Waals surface area contributed by atoms with Gasteiger partial charge in [0.2, 0.25) is 0 Å². The van der Waals surface area contributed by atoms with Crippen molar-refractivity contribution in [2.45, 2.75) is 20.0 Å². The van der Waals surface area contributed by atoms with E-state index in [2.05, 4.69) is 9.47 Å². The molecule has 0 radical (unpaired) electrons. The topological polar surface area (TPSA) is 93.1 Å². The van der Waals surface area contributed by atoms with Gasteiger partial charge in [-0.25, -0.2) is 9.59 Å². The maximum absolute atomic E-state index is 11.6. The maximum atomic E-state index is 11.6. The van der Waals surface area contributed by atoms with Gasteiger partial charge in [-0.15, -0.1) is 0 Å². The summed E-state index contributed by atoms with van der Waals surface area (Å²) in [5.74, 6) is -2.04. The quantitative estimate of drug-likeness (QED) is 0.496. The molecule has 0 aromatic rings. The average molecular weight is 273 g/mol. The van der Waals surface area contributed by atoms with E-state index in [0.717, 1.165) is 12.2 Å². The van der Waals surface area contributed by atoms with Gasteiger partial charge in [0.25, 0.3) is 5.91 Å². The second kappa shape index (κ2) is 9.09. The summed E-state index contributed by atoms with van der Waals surface area (Å²) in [4.78, 5) is 34.9. The highest BCUT2D eigenvalue weighted by Gasteiger charge is 2.21. The Labute approximate surface area is 111 Å². The Morgan fingerprint density at radius 2 is 1.68 bits per heavy atom. The van der Waals surface area contributed by atoms with Crippen LogP contribution in [0.5, 0.6) is 0 Å². The zero-order valence-corrected chi connectivity index (χ0v) is 11.3. The third-order valence-corrected chi connectivity index (χ3v) is 2.30. The molecule has 108 valence electrons. The van der Waals surface area contributed by atoms with E-state index in [0.29, 0.717) is 13.1 Å². The Hall–Kier alpha value is -1.89. The zero-order valence-electron chi connectivity index (χ0n) is 11.3. The van der Waals surface area contributed by atoms with Crippen molar-refractivity contribution >= 4 is 17.8 Å². The second-order valence-electron chi connectivity index (χ2n) is 3.51. The fraction of sp³-hybridized carbons (Fsp3) is 0.583. The summed E-state index contributed by atoms with van der Waals surface area (Å²) in [6.07, 6.45) is 0.344. The molecule has 0 rings (SSSR count). The molecule has 1 atom stereocenters. The average Bonchev–Trinajstić information content (AvgIpc) is 2.42. The number of aliphatic hydroxyl groups excluding tert-OH is 1. The van der Waals surface area contributed by atoms with Crippen LogP contribution in [0.4, 0.5) is 0 Å². The molecular weight excluding hydrogens is 254 g/mol. The van der Waals surface area contributed by atoms with Crippen molar-refractivity contribution in [3.05, 3.63) is 12.2 Å². The lowest BCUT2D eigenvalue weighted by Gasteiger charge is -2.21. The van der Waals surface area contributed by atoms with Crippen molar-refractivity contribution in [2.75, 3.05) is 26.8 Å². The maximum Gasteiger partial charge on any atom is 0.331 e. The lowest BCUT2D eigenvalue weighted by atomic mass is 10.3. The van der Waals surface area contributed by atoms with E-state index in [1.165, 1.54) is 12.0 Å². The monoisotopic (exact) mass is 273 g/mol. The van der Waals surface area contributed by atoms with Gasteiger partial charge >= 0.3 is 11.9 Å². The Morgan fingerprint density at radius 1 is 1.16 bits per heavy atom. The summed E-state index contributed by atoms with van der Waals surface area (Å²) >= 11 is 0. The first kappa shape index (κ1) is 17.1. The second-order valence-corrected chi connectivity index (χ2v) is 3.51. The molecule has 0 spiro atoms. The molecule has 0 heterocycles. The highest BCUT2D eigenvalue weighted by atomic mass is 16.5. The van der Waals surface area contributed by atoms with Crippen LogP contribution in [-0.4, -0.2) is 60.8 Å². The standard InChI is InChI=1S/C12H19NO6/c1-4-13(5-2)12(17)9(14)8-19-11(16)7-6-10(15)18-3/h6-7,9,14H,4-5,8H2,1-3H3/b7-6+/t9-/m0/s1. The Morgan fingerprint density at radius 3 is 2.16 bits per heavy atom. The third kappa shape index (κ3) is 6.56. The van der Waals surface area contributed by atoms with Crippen LogP contribution in [0.15, 0.2) is 12.2 Å². The predicted molar refractivity (Wildman–Crippen MR) is 66.0 cm³/mol. The number of nitrogens with zero attached hydrogens (tertiary/aromatic N) is 1. The highest BCUT2D eigenvalue weighted by Crippen LogP contribution is 1.97. The van der Waals surface area contributed by atoms with Crippen LogP contribution in [-0.2, 0) is 23.9 Å². The van der Waals surface area contributed by atoms with E-state index in [-0.39, 0.29) is 0 Å². The fourth-order valence-corrected chi connectivity index (χ4v) is 1.23. The van der Waals surface area contributed by atoms with E-state index in [1.54, 1.807) is 13.8 Å². The Kier molecular flexibility index (Phi) is 8.19. The van der Waals surface area contributed by atoms with Gasteiger partial charge in [0.1, 0.15) is 6.61 Å². The number of rotatable bonds is 7. The van der Waals surface area contributed by atoms with E-state index in [1.807, 2.05) is 0 Å². The molecule has 0 bridgehead atoms. The molecule has 0 saturated carbocycles. The highest BCUT2D eigenvalue weighted by molar-refractivity contribution is 5.91. The zero-order chi connectivity index (χ0) is 14.8.